The molecule has 0 unspecified atom stereocenters. The zero-order valence-corrected chi connectivity index (χ0v) is 8.20. The summed E-state index contributed by atoms with van der Waals surface area (Å²) in [6, 6.07) is 7.26. The summed E-state index contributed by atoms with van der Waals surface area (Å²) in [5.41, 5.74) is 13.2. The number of hydrogen-bond donors (Lipinski definition) is 2. The van der Waals surface area contributed by atoms with Crippen molar-refractivity contribution in [1.29, 1.82) is 0 Å². The van der Waals surface area contributed by atoms with Crippen LogP contribution in [-0.2, 0) is 0 Å². The van der Waals surface area contributed by atoms with Gasteiger partial charge in [-0.15, -0.1) is 0 Å². The number of nitrogens with two attached hydrogens (primary N) is 2. The maximum absolute atomic E-state index is 6.04. The van der Waals surface area contributed by atoms with Crippen molar-refractivity contribution >= 4 is 23.0 Å². The number of hydrogen-bond acceptors (Lipinski definition) is 2. The van der Waals surface area contributed by atoms with E-state index in [2.05, 4.69) is 0 Å². The highest BCUT2D eigenvalue weighted by molar-refractivity contribution is 6.32. The lowest BCUT2D eigenvalue weighted by Crippen LogP contribution is -1.98. The summed E-state index contributed by atoms with van der Waals surface area (Å²) in [4.78, 5) is 0. The summed E-state index contributed by atoms with van der Waals surface area (Å²) in [6.45, 7) is 0. The van der Waals surface area contributed by atoms with Gasteiger partial charge in [0.25, 0.3) is 0 Å². The van der Waals surface area contributed by atoms with E-state index in [1.807, 2.05) is 29.1 Å². The fourth-order valence-corrected chi connectivity index (χ4v) is 1.56. The van der Waals surface area contributed by atoms with Crippen molar-refractivity contribution in [2.24, 2.45) is 0 Å². The second-order valence-electron chi connectivity index (χ2n) is 3.02. The van der Waals surface area contributed by atoms with E-state index < -0.39 is 0 Å². The van der Waals surface area contributed by atoms with Gasteiger partial charge >= 0.3 is 0 Å². The summed E-state index contributed by atoms with van der Waals surface area (Å²) < 4.78 is 1.89. The topological polar surface area (TPSA) is 57.0 Å². The minimum atomic E-state index is 0.505. The Kier molecular flexibility index (Phi) is 2.09. The molecular formula is C10H10ClN3. The number of anilines is 2. The minimum Gasteiger partial charge on any atom is -0.397 e. The first kappa shape index (κ1) is 8.97. The normalized spacial score (nSPS) is 10.4. The second-order valence-corrected chi connectivity index (χ2v) is 3.43. The molecule has 1 aromatic heterocycles. The van der Waals surface area contributed by atoms with Crippen LogP contribution in [0.4, 0.5) is 11.4 Å². The molecule has 0 radical (unpaired) electrons. The lowest BCUT2D eigenvalue weighted by atomic mass is 10.2. The zero-order chi connectivity index (χ0) is 10.1. The van der Waals surface area contributed by atoms with Crippen LogP contribution in [0.15, 0.2) is 36.7 Å². The lowest BCUT2D eigenvalue weighted by Gasteiger charge is -2.08. The molecule has 1 aromatic carbocycles. The first-order valence-corrected chi connectivity index (χ1v) is 4.54. The van der Waals surface area contributed by atoms with E-state index in [0.717, 1.165) is 5.69 Å². The van der Waals surface area contributed by atoms with Crippen LogP contribution in [0.1, 0.15) is 0 Å². The first-order chi connectivity index (χ1) is 6.68. The van der Waals surface area contributed by atoms with Gasteiger partial charge in [-0.25, -0.2) is 0 Å². The third-order valence-corrected chi connectivity index (χ3v) is 2.34. The number of benzene rings is 1. The summed E-state index contributed by atoms with van der Waals surface area (Å²) in [6.07, 6.45) is 3.80. The van der Waals surface area contributed by atoms with Gasteiger partial charge in [-0.05, 0) is 24.3 Å². The van der Waals surface area contributed by atoms with Gasteiger partial charge < -0.3 is 16.0 Å². The summed E-state index contributed by atoms with van der Waals surface area (Å²) >= 11 is 6.04. The molecule has 0 saturated carbocycles. The molecule has 1 heterocycles. The third kappa shape index (κ3) is 1.42. The van der Waals surface area contributed by atoms with E-state index in [4.69, 9.17) is 23.1 Å². The number of aromatic nitrogens is 1. The van der Waals surface area contributed by atoms with E-state index in [1.165, 1.54) is 0 Å². The molecule has 0 spiro atoms. The van der Waals surface area contributed by atoms with Crippen LogP contribution in [0.5, 0.6) is 0 Å². The number of halogens is 1. The Balaban J connectivity index is 2.60. The van der Waals surface area contributed by atoms with Gasteiger partial charge in [-0.3, -0.25) is 0 Å². The Morgan fingerprint density at radius 3 is 2.21 bits per heavy atom. The largest absolute Gasteiger partial charge is 0.397 e. The predicted molar refractivity (Wildman–Crippen MR) is 59.6 cm³/mol. The Hall–Kier alpha value is -1.61. The standard InChI is InChI=1S/C10H10ClN3/c11-7-5-8(12)9(13)6-10(7)14-3-1-2-4-14/h1-6H,12-13H2. The van der Waals surface area contributed by atoms with Gasteiger partial charge in [-0.1, -0.05) is 11.6 Å². The number of nitrogen functional groups attached to an aromatic ring is 2. The average molecular weight is 208 g/mol. The second kappa shape index (κ2) is 3.27. The Bertz CT molecular complexity index is 449. The molecule has 0 amide bonds. The van der Waals surface area contributed by atoms with Crippen molar-refractivity contribution in [3.05, 3.63) is 41.7 Å². The highest BCUT2D eigenvalue weighted by atomic mass is 35.5. The van der Waals surface area contributed by atoms with Gasteiger partial charge in [0, 0.05) is 12.4 Å². The van der Waals surface area contributed by atoms with Crippen molar-refractivity contribution in [3.8, 4) is 5.69 Å². The van der Waals surface area contributed by atoms with Crippen LogP contribution >= 0.6 is 11.6 Å². The monoisotopic (exact) mass is 207 g/mol. The van der Waals surface area contributed by atoms with Crippen LogP contribution in [0, 0.1) is 0 Å². The molecule has 2 aromatic rings. The summed E-state index contributed by atoms with van der Waals surface area (Å²) in [5, 5.41) is 0.591. The van der Waals surface area contributed by atoms with Crippen LogP contribution in [0.2, 0.25) is 5.02 Å². The van der Waals surface area contributed by atoms with Crippen LogP contribution in [-0.4, -0.2) is 4.57 Å². The average Bonchev–Trinajstić information content (AvgIpc) is 2.64. The van der Waals surface area contributed by atoms with Crippen LogP contribution < -0.4 is 11.5 Å². The fraction of sp³-hybridized carbons (Fsp3) is 0. The van der Waals surface area contributed by atoms with Crippen molar-refractivity contribution in [1.82, 2.24) is 4.57 Å². The van der Waals surface area contributed by atoms with Crippen molar-refractivity contribution in [2.45, 2.75) is 0 Å². The molecule has 0 fully saturated rings. The summed E-state index contributed by atoms with van der Waals surface area (Å²) in [7, 11) is 0. The predicted octanol–water partition coefficient (Wildman–Crippen LogP) is 2.30. The Labute approximate surface area is 86.9 Å². The first-order valence-electron chi connectivity index (χ1n) is 4.16. The molecule has 14 heavy (non-hydrogen) atoms. The SMILES string of the molecule is Nc1cc(Cl)c(-n2cccc2)cc1N. The molecule has 3 nitrogen and oxygen atoms in total. The zero-order valence-electron chi connectivity index (χ0n) is 7.44. The third-order valence-electron chi connectivity index (χ3n) is 2.04. The fourth-order valence-electron chi connectivity index (χ4n) is 1.29. The lowest BCUT2D eigenvalue weighted by molar-refractivity contribution is 1.08. The van der Waals surface area contributed by atoms with Gasteiger partial charge in [0.15, 0.2) is 0 Å². The maximum Gasteiger partial charge on any atom is 0.0668 e. The molecule has 0 atom stereocenters. The van der Waals surface area contributed by atoms with Gasteiger partial charge in [0.05, 0.1) is 22.1 Å². The van der Waals surface area contributed by atoms with Crippen LogP contribution in [0.3, 0.4) is 0 Å². The molecule has 0 aliphatic rings. The summed E-state index contributed by atoms with van der Waals surface area (Å²) in [5.74, 6) is 0. The van der Waals surface area contributed by atoms with Crippen molar-refractivity contribution < 1.29 is 0 Å². The van der Waals surface area contributed by atoms with E-state index in [-0.39, 0.29) is 0 Å². The molecule has 0 aliphatic heterocycles. The highest BCUT2D eigenvalue weighted by Gasteiger charge is 2.05. The van der Waals surface area contributed by atoms with Gasteiger partial charge in [0.2, 0.25) is 0 Å². The molecule has 0 aliphatic carbocycles. The smallest absolute Gasteiger partial charge is 0.0668 e. The molecule has 4 N–H and O–H groups in total. The Morgan fingerprint density at radius 1 is 1.00 bits per heavy atom. The molecule has 0 saturated heterocycles. The van der Waals surface area contributed by atoms with Crippen LogP contribution in [0.25, 0.3) is 5.69 Å². The molecule has 0 bridgehead atoms. The van der Waals surface area contributed by atoms with E-state index in [9.17, 15) is 0 Å². The minimum absolute atomic E-state index is 0.505. The van der Waals surface area contributed by atoms with Gasteiger partial charge in [0.1, 0.15) is 0 Å². The van der Waals surface area contributed by atoms with Crippen molar-refractivity contribution in [2.75, 3.05) is 11.5 Å². The Morgan fingerprint density at radius 2 is 1.57 bits per heavy atom. The molecule has 72 valence electrons. The molecule has 2 rings (SSSR count). The molecule has 4 heteroatoms. The van der Waals surface area contributed by atoms with E-state index in [0.29, 0.717) is 16.4 Å². The van der Waals surface area contributed by atoms with E-state index in [1.54, 1.807) is 12.1 Å². The molecular weight excluding hydrogens is 198 g/mol. The quantitative estimate of drug-likeness (QED) is 0.705. The van der Waals surface area contributed by atoms with E-state index >= 15 is 0 Å². The maximum atomic E-state index is 6.04. The number of rotatable bonds is 1. The van der Waals surface area contributed by atoms with Gasteiger partial charge in [-0.2, -0.15) is 0 Å². The highest BCUT2D eigenvalue weighted by Crippen LogP contribution is 2.27. The van der Waals surface area contributed by atoms with Crippen molar-refractivity contribution in [3.63, 3.8) is 0 Å². The number of nitrogens with zero attached hydrogens (tertiary/aromatic N) is 1.